The molecule has 5 rings (SSSR count). The highest BCUT2D eigenvalue weighted by Gasteiger charge is 2.39. The fourth-order valence-corrected chi connectivity index (χ4v) is 7.12. The van der Waals surface area contributed by atoms with Gasteiger partial charge < -0.3 is 28.7 Å². The molecule has 1 N–H and O–H groups in total. The summed E-state index contributed by atoms with van der Waals surface area (Å²) < 4.78 is 37.7. The fraction of sp³-hybridized carbons (Fsp3) is 0.289. The molecular weight excluding hydrogens is 641 g/mol. The van der Waals surface area contributed by atoms with E-state index < -0.39 is 25.3 Å². The summed E-state index contributed by atoms with van der Waals surface area (Å²) in [5.41, 5.74) is 2.12. The second-order valence-electron chi connectivity index (χ2n) is 11.3. The normalized spacial score (nSPS) is 14.3. The third-order valence-electron chi connectivity index (χ3n) is 7.98. The summed E-state index contributed by atoms with van der Waals surface area (Å²) >= 11 is 0. The summed E-state index contributed by atoms with van der Waals surface area (Å²) in [6.45, 7) is 4.19. The second-order valence-corrected chi connectivity index (χ2v) is 13.3. The van der Waals surface area contributed by atoms with E-state index in [0.29, 0.717) is 12.0 Å². The molecule has 0 radical (unpaired) electrons. The number of benzene rings is 4. The molecule has 4 aromatic carbocycles. The average Bonchev–Trinajstić information content (AvgIpc) is 3.13. The zero-order valence-electron chi connectivity index (χ0n) is 27.8. The minimum absolute atomic E-state index is 0.00201. The minimum atomic E-state index is -3.59. The Labute approximate surface area is 287 Å². The summed E-state index contributed by atoms with van der Waals surface area (Å²) in [6.07, 6.45) is -0.762. The maximum absolute atomic E-state index is 13.4. The minimum Gasteiger partial charge on any atom is -0.361 e. The van der Waals surface area contributed by atoms with Gasteiger partial charge in [0, 0.05) is 18.5 Å². The van der Waals surface area contributed by atoms with E-state index in [-0.39, 0.29) is 51.0 Å². The molecule has 0 bridgehead atoms. The van der Waals surface area contributed by atoms with Gasteiger partial charge in [0.1, 0.15) is 17.8 Å². The highest BCUT2D eigenvalue weighted by Crippen LogP contribution is 2.48. The summed E-state index contributed by atoms with van der Waals surface area (Å²) in [7, 11) is -3.59. The van der Waals surface area contributed by atoms with Gasteiger partial charge >= 0.3 is 13.6 Å². The van der Waals surface area contributed by atoms with E-state index in [4.69, 9.17) is 18.5 Å². The Morgan fingerprint density at radius 1 is 0.816 bits per heavy atom. The Kier molecular flexibility index (Phi) is 12.6. The molecule has 11 heteroatoms. The number of amidine groups is 1. The first-order valence-electron chi connectivity index (χ1n) is 16.4. The fourth-order valence-electron chi connectivity index (χ4n) is 5.72. The average molecular weight is 684 g/mol. The number of ether oxygens (including phenoxy) is 2. The lowest BCUT2D eigenvalue weighted by Gasteiger charge is -2.38. The SMILES string of the molecule is CCOP(=O)(CO[C@H](COC(c1ccccc1)(c1ccccc1)c1ccccc1)CN1CCC(NC(=O)c2ccccc2)=NC1=O)OCC. The molecule has 1 aliphatic rings. The Morgan fingerprint density at radius 2 is 1.31 bits per heavy atom. The molecule has 0 unspecified atom stereocenters. The van der Waals surface area contributed by atoms with Gasteiger partial charge in [-0.2, -0.15) is 4.99 Å². The number of carbonyl (C=O) groups is 2. The van der Waals surface area contributed by atoms with Gasteiger partial charge in [-0.05, 0) is 42.7 Å². The molecule has 0 aromatic heterocycles. The van der Waals surface area contributed by atoms with Crippen LogP contribution >= 0.6 is 7.60 Å². The molecule has 1 aliphatic heterocycles. The lowest BCUT2D eigenvalue weighted by molar-refractivity contribution is -0.0644. The lowest BCUT2D eigenvalue weighted by atomic mass is 9.80. The first-order valence-corrected chi connectivity index (χ1v) is 18.1. The van der Waals surface area contributed by atoms with Gasteiger partial charge in [-0.25, -0.2) is 4.79 Å². The Bertz CT molecular complexity index is 1620. The van der Waals surface area contributed by atoms with Crippen LogP contribution in [0.3, 0.4) is 0 Å². The van der Waals surface area contributed by atoms with Crippen LogP contribution in [0.1, 0.15) is 47.3 Å². The van der Waals surface area contributed by atoms with Crippen molar-refractivity contribution in [3.63, 3.8) is 0 Å². The van der Waals surface area contributed by atoms with Crippen LogP contribution in [-0.2, 0) is 28.7 Å². The van der Waals surface area contributed by atoms with E-state index >= 15 is 0 Å². The molecule has 49 heavy (non-hydrogen) atoms. The molecule has 0 fully saturated rings. The van der Waals surface area contributed by atoms with Gasteiger partial charge in [-0.3, -0.25) is 9.36 Å². The highest BCUT2D eigenvalue weighted by molar-refractivity contribution is 7.53. The number of amides is 3. The van der Waals surface area contributed by atoms with E-state index in [1.54, 1.807) is 38.1 Å². The van der Waals surface area contributed by atoms with Gasteiger partial charge in [0.2, 0.25) is 0 Å². The molecule has 0 spiro atoms. The molecule has 0 aliphatic carbocycles. The third-order valence-corrected chi connectivity index (χ3v) is 9.75. The van der Waals surface area contributed by atoms with Crippen LogP contribution in [0.2, 0.25) is 0 Å². The van der Waals surface area contributed by atoms with Crippen molar-refractivity contribution in [3.05, 3.63) is 144 Å². The van der Waals surface area contributed by atoms with Crippen LogP contribution in [0.15, 0.2) is 126 Å². The summed E-state index contributed by atoms with van der Waals surface area (Å²) in [6, 6.07) is 38.0. The Morgan fingerprint density at radius 3 is 1.78 bits per heavy atom. The van der Waals surface area contributed by atoms with Gasteiger partial charge in [0.15, 0.2) is 0 Å². The number of aliphatic imine (C=N–C) groups is 1. The van der Waals surface area contributed by atoms with Crippen LogP contribution < -0.4 is 5.32 Å². The maximum atomic E-state index is 13.4. The van der Waals surface area contributed by atoms with E-state index in [9.17, 15) is 14.2 Å². The smallest absolute Gasteiger partial charge is 0.356 e. The van der Waals surface area contributed by atoms with Crippen molar-refractivity contribution in [2.75, 3.05) is 39.3 Å². The van der Waals surface area contributed by atoms with Crippen molar-refractivity contribution in [1.82, 2.24) is 10.2 Å². The predicted octanol–water partition coefficient (Wildman–Crippen LogP) is 7.26. The number of nitrogens with one attached hydrogen (secondary N) is 1. The van der Waals surface area contributed by atoms with Gasteiger partial charge in [-0.15, -0.1) is 0 Å². The molecule has 3 amide bonds. The van der Waals surface area contributed by atoms with Crippen LogP contribution in [0.4, 0.5) is 4.79 Å². The molecule has 256 valence electrons. The molecule has 4 aromatic rings. The predicted molar refractivity (Wildman–Crippen MR) is 189 cm³/mol. The van der Waals surface area contributed by atoms with Crippen molar-refractivity contribution < 1.29 is 32.7 Å². The maximum Gasteiger partial charge on any atom is 0.356 e. The molecule has 0 saturated heterocycles. The molecule has 1 heterocycles. The third kappa shape index (κ3) is 9.17. The van der Waals surface area contributed by atoms with E-state index in [0.717, 1.165) is 16.7 Å². The van der Waals surface area contributed by atoms with Crippen LogP contribution in [0, 0.1) is 0 Å². The van der Waals surface area contributed by atoms with Crippen molar-refractivity contribution >= 4 is 25.4 Å². The number of rotatable bonds is 16. The number of nitrogens with zero attached hydrogens (tertiary/aromatic N) is 2. The number of hydrogen-bond acceptors (Lipinski definition) is 7. The topological polar surface area (TPSA) is 116 Å². The van der Waals surface area contributed by atoms with Gasteiger partial charge in [0.25, 0.3) is 5.91 Å². The van der Waals surface area contributed by atoms with Crippen LogP contribution in [0.5, 0.6) is 0 Å². The van der Waals surface area contributed by atoms with Crippen LogP contribution in [0.25, 0.3) is 0 Å². The summed E-state index contributed by atoms with van der Waals surface area (Å²) in [5, 5.41) is 2.75. The number of urea groups is 1. The van der Waals surface area contributed by atoms with Crippen LogP contribution in [-0.4, -0.2) is 68.0 Å². The van der Waals surface area contributed by atoms with E-state index in [2.05, 4.69) is 10.3 Å². The van der Waals surface area contributed by atoms with Crippen molar-refractivity contribution in [2.45, 2.75) is 32.0 Å². The lowest BCUT2D eigenvalue weighted by Crippen LogP contribution is -2.46. The first-order chi connectivity index (χ1) is 23.9. The second kappa shape index (κ2) is 17.3. The molecular formula is C38H42N3O7P. The summed E-state index contributed by atoms with van der Waals surface area (Å²) in [5.74, 6) is -0.0471. The Hall–Kier alpha value is -4.44. The largest absolute Gasteiger partial charge is 0.361 e. The zero-order chi connectivity index (χ0) is 34.5. The Balaban J connectivity index is 1.43. The monoisotopic (exact) mass is 683 g/mol. The van der Waals surface area contributed by atoms with Gasteiger partial charge in [-0.1, -0.05) is 109 Å². The quantitative estimate of drug-likeness (QED) is 0.0977. The van der Waals surface area contributed by atoms with Gasteiger partial charge in [0.05, 0.1) is 32.5 Å². The molecule has 10 nitrogen and oxygen atoms in total. The summed E-state index contributed by atoms with van der Waals surface area (Å²) in [4.78, 5) is 31.7. The number of hydrogen-bond donors (Lipinski definition) is 1. The molecule has 1 atom stereocenters. The number of carbonyl (C=O) groups excluding carboxylic acids is 2. The van der Waals surface area contributed by atoms with Crippen molar-refractivity contribution in [3.8, 4) is 0 Å². The van der Waals surface area contributed by atoms with Crippen molar-refractivity contribution in [1.29, 1.82) is 0 Å². The molecule has 0 saturated carbocycles. The first kappa shape index (κ1) is 35.9. The standard InChI is InChI=1S/C38H42N3O7P/c1-3-47-49(44,48-4-2)29-45-34(27-41-26-25-35(40-37(41)43)39-36(42)30-17-9-5-10-18-30)28-46-38(31-19-11-6-12-20-31,32-21-13-7-14-22-32)33-23-15-8-16-24-33/h5-24,34H,3-4,25-29H2,1-2H3,(H,39,40,42,43)/t34-/m0/s1. The highest BCUT2D eigenvalue weighted by atomic mass is 31.2. The zero-order valence-corrected chi connectivity index (χ0v) is 28.7. The van der Waals surface area contributed by atoms with E-state index in [1.165, 1.54) is 4.90 Å². The van der Waals surface area contributed by atoms with Crippen molar-refractivity contribution in [2.24, 2.45) is 4.99 Å². The van der Waals surface area contributed by atoms with E-state index in [1.807, 2.05) is 97.1 Å².